The van der Waals surface area contributed by atoms with Gasteiger partial charge in [0.25, 0.3) is 0 Å². The zero-order chi connectivity index (χ0) is 16.5. The van der Waals surface area contributed by atoms with Crippen molar-refractivity contribution in [3.63, 3.8) is 0 Å². The van der Waals surface area contributed by atoms with Gasteiger partial charge in [0.1, 0.15) is 0 Å². The first-order valence-corrected chi connectivity index (χ1v) is 9.03. The molecule has 0 aliphatic rings. The van der Waals surface area contributed by atoms with Crippen molar-refractivity contribution in [2.45, 2.75) is 52.4 Å². The predicted octanol–water partition coefficient (Wildman–Crippen LogP) is 5.06. The third kappa shape index (κ3) is 3.84. The van der Waals surface area contributed by atoms with Crippen molar-refractivity contribution in [1.29, 1.82) is 0 Å². The van der Waals surface area contributed by atoms with Gasteiger partial charge >= 0.3 is 7.80 Å². The molecule has 2 aromatic carbocycles. The van der Waals surface area contributed by atoms with Gasteiger partial charge in [-0.2, -0.15) is 0 Å². The molecule has 22 heavy (non-hydrogen) atoms. The molecule has 0 bridgehead atoms. The predicted molar refractivity (Wildman–Crippen MR) is 97.2 cm³/mol. The summed E-state index contributed by atoms with van der Waals surface area (Å²) < 4.78 is 13.0. The second kappa shape index (κ2) is 5.97. The SMILES string of the molecule is CC(C)(C)c1cccc([P+](=O)c2cccc(C(C)(C)C)c2)c1. The van der Waals surface area contributed by atoms with E-state index in [4.69, 9.17) is 0 Å². The summed E-state index contributed by atoms with van der Waals surface area (Å²) in [5.74, 6) is 0. The Balaban J connectivity index is 2.41. The summed E-state index contributed by atoms with van der Waals surface area (Å²) in [7, 11) is -1.55. The Kier molecular flexibility index (Phi) is 4.59. The van der Waals surface area contributed by atoms with Crippen LogP contribution in [-0.2, 0) is 15.4 Å². The number of hydrogen-bond acceptors (Lipinski definition) is 1. The highest BCUT2D eigenvalue weighted by atomic mass is 31.1. The van der Waals surface area contributed by atoms with Crippen LogP contribution in [0.1, 0.15) is 52.7 Å². The fraction of sp³-hybridized carbons (Fsp3) is 0.400. The summed E-state index contributed by atoms with van der Waals surface area (Å²) in [5.41, 5.74) is 2.58. The maximum atomic E-state index is 13.0. The molecule has 0 heterocycles. The summed E-state index contributed by atoms with van der Waals surface area (Å²) >= 11 is 0. The van der Waals surface area contributed by atoms with Crippen molar-refractivity contribution >= 4 is 18.4 Å². The second-order valence-electron chi connectivity index (χ2n) is 7.90. The van der Waals surface area contributed by atoms with Crippen molar-refractivity contribution in [2.75, 3.05) is 0 Å². The van der Waals surface area contributed by atoms with Crippen LogP contribution in [0.15, 0.2) is 48.5 Å². The molecule has 0 aliphatic carbocycles. The van der Waals surface area contributed by atoms with Gasteiger partial charge in [-0.05, 0) is 46.2 Å². The molecular formula is C20H26OP+. The molecule has 0 atom stereocenters. The molecule has 0 aromatic heterocycles. The monoisotopic (exact) mass is 313 g/mol. The van der Waals surface area contributed by atoms with E-state index >= 15 is 0 Å². The molecule has 1 nitrogen and oxygen atoms in total. The standard InChI is InChI=1S/C20H26OP/c1-19(2,3)15-9-7-11-17(13-15)22(21)18-12-8-10-16(14-18)20(4,5)6/h7-14H,1-6H3/q+1. The Bertz CT molecular complexity index is 628. The highest BCUT2D eigenvalue weighted by molar-refractivity contribution is 7.61. The third-order valence-corrected chi connectivity index (χ3v) is 5.39. The van der Waals surface area contributed by atoms with E-state index in [0.717, 1.165) is 10.6 Å². The van der Waals surface area contributed by atoms with Crippen molar-refractivity contribution in [1.82, 2.24) is 0 Å². The molecule has 2 aromatic rings. The molecule has 116 valence electrons. The Hall–Kier alpha value is -1.46. The summed E-state index contributed by atoms with van der Waals surface area (Å²) in [6.45, 7) is 13.1. The van der Waals surface area contributed by atoms with Crippen molar-refractivity contribution in [2.24, 2.45) is 0 Å². The van der Waals surface area contributed by atoms with Crippen LogP contribution < -0.4 is 10.6 Å². The van der Waals surface area contributed by atoms with Crippen LogP contribution in [0.5, 0.6) is 0 Å². The molecule has 2 heteroatoms. The molecule has 0 saturated carbocycles. The van der Waals surface area contributed by atoms with E-state index in [2.05, 4.69) is 65.8 Å². The van der Waals surface area contributed by atoms with E-state index in [1.165, 1.54) is 11.1 Å². The van der Waals surface area contributed by atoms with E-state index < -0.39 is 7.80 Å². The molecule has 0 saturated heterocycles. The average Bonchev–Trinajstić information content (AvgIpc) is 2.45. The lowest BCUT2D eigenvalue weighted by atomic mass is 9.87. The Labute approximate surface area is 135 Å². The summed E-state index contributed by atoms with van der Waals surface area (Å²) in [6.07, 6.45) is 0. The van der Waals surface area contributed by atoms with Gasteiger partial charge in [-0.25, -0.2) is 0 Å². The van der Waals surface area contributed by atoms with Gasteiger partial charge in [-0.15, -0.1) is 0 Å². The van der Waals surface area contributed by atoms with Crippen molar-refractivity contribution in [3.05, 3.63) is 59.7 Å². The lowest BCUT2D eigenvalue weighted by molar-refractivity contribution is 0.589. The van der Waals surface area contributed by atoms with Crippen molar-refractivity contribution in [3.8, 4) is 0 Å². The maximum Gasteiger partial charge on any atom is 0.415 e. The molecule has 0 radical (unpaired) electrons. The fourth-order valence-electron chi connectivity index (χ4n) is 2.35. The van der Waals surface area contributed by atoms with Gasteiger partial charge in [-0.1, -0.05) is 70.4 Å². The summed E-state index contributed by atoms with van der Waals surface area (Å²) in [4.78, 5) is 0. The Morgan fingerprint density at radius 1 is 0.682 bits per heavy atom. The molecule has 0 amide bonds. The minimum atomic E-state index is -1.55. The van der Waals surface area contributed by atoms with E-state index in [-0.39, 0.29) is 10.8 Å². The van der Waals surface area contributed by atoms with Crippen LogP contribution in [0, 0.1) is 0 Å². The van der Waals surface area contributed by atoms with Gasteiger partial charge in [-0.3, -0.25) is 0 Å². The fourth-order valence-corrected chi connectivity index (χ4v) is 3.60. The highest BCUT2D eigenvalue weighted by Crippen LogP contribution is 2.28. The van der Waals surface area contributed by atoms with Gasteiger partial charge in [0.2, 0.25) is 0 Å². The lowest BCUT2D eigenvalue weighted by Crippen LogP contribution is -2.17. The largest absolute Gasteiger partial charge is 0.415 e. The van der Waals surface area contributed by atoms with Gasteiger partial charge in [0, 0.05) is 0 Å². The van der Waals surface area contributed by atoms with E-state index in [1.807, 2.05) is 24.3 Å². The zero-order valence-electron chi connectivity index (χ0n) is 14.5. The molecule has 0 spiro atoms. The minimum Gasteiger partial charge on any atom is -0.0613 e. The molecule has 0 N–H and O–H groups in total. The van der Waals surface area contributed by atoms with Crippen LogP contribution in [0.2, 0.25) is 0 Å². The molecule has 0 fully saturated rings. The lowest BCUT2D eigenvalue weighted by Gasteiger charge is -2.18. The van der Waals surface area contributed by atoms with E-state index in [9.17, 15) is 4.57 Å². The first-order chi connectivity index (χ1) is 10.1. The van der Waals surface area contributed by atoms with Crippen LogP contribution in [0.3, 0.4) is 0 Å². The first kappa shape index (κ1) is 16.9. The summed E-state index contributed by atoms with van der Waals surface area (Å²) in [5, 5.41) is 1.82. The first-order valence-electron chi connectivity index (χ1n) is 7.77. The van der Waals surface area contributed by atoms with Gasteiger partial charge in [0.05, 0.1) is 0 Å². The zero-order valence-corrected chi connectivity index (χ0v) is 15.4. The Morgan fingerprint density at radius 3 is 1.36 bits per heavy atom. The number of rotatable bonds is 2. The summed E-state index contributed by atoms with van der Waals surface area (Å²) in [6, 6.07) is 16.4. The highest BCUT2D eigenvalue weighted by Gasteiger charge is 2.27. The average molecular weight is 313 g/mol. The molecule has 0 aliphatic heterocycles. The number of hydrogen-bond donors (Lipinski definition) is 0. The quantitative estimate of drug-likeness (QED) is 0.708. The topological polar surface area (TPSA) is 17.1 Å². The normalized spacial score (nSPS) is 12.3. The second-order valence-corrected chi connectivity index (χ2v) is 9.52. The van der Waals surface area contributed by atoms with E-state index in [1.54, 1.807) is 0 Å². The van der Waals surface area contributed by atoms with E-state index in [0.29, 0.717) is 0 Å². The number of benzene rings is 2. The van der Waals surface area contributed by atoms with Gasteiger partial charge < -0.3 is 0 Å². The molecule has 2 rings (SSSR count). The van der Waals surface area contributed by atoms with Crippen molar-refractivity contribution < 1.29 is 4.57 Å². The van der Waals surface area contributed by atoms with Gasteiger partial charge in [0.15, 0.2) is 10.6 Å². The van der Waals surface area contributed by atoms with Crippen LogP contribution in [0.4, 0.5) is 0 Å². The van der Waals surface area contributed by atoms with Crippen LogP contribution in [-0.4, -0.2) is 0 Å². The maximum absolute atomic E-state index is 13.0. The van der Waals surface area contributed by atoms with Crippen LogP contribution in [0.25, 0.3) is 0 Å². The smallest absolute Gasteiger partial charge is 0.0613 e. The minimum absolute atomic E-state index is 0.0689. The third-order valence-electron chi connectivity index (χ3n) is 3.89. The molecule has 0 unspecified atom stereocenters. The van der Waals surface area contributed by atoms with Crippen LogP contribution >= 0.6 is 7.80 Å². The molecular weight excluding hydrogens is 287 g/mol. The Morgan fingerprint density at radius 2 is 1.05 bits per heavy atom.